The van der Waals surface area contributed by atoms with E-state index in [1.54, 1.807) is 12.1 Å². The number of rotatable bonds is 9. The maximum absolute atomic E-state index is 12.2. The third kappa shape index (κ3) is 6.60. The molecule has 0 amide bonds. The lowest BCUT2D eigenvalue weighted by molar-refractivity contribution is -0.0212. The molecule has 2 N–H and O–H groups in total. The van der Waals surface area contributed by atoms with Gasteiger partial charge in [0.2, 0.25) is 0 Å². The van der Waals surface area contributed by atoms with Crippen molar-refractivity contribution >= 4 is 20.3 Å². The van der Waals surface area contributed by atoms with E-state index in [0.29, 0.717) is 25.8 Å². The van der Waals surface area contributed by atoms with Crippen molar-refractivity contribution in [3.05, 3.63) is 29.8 Å². The number of ether oxygens (including phenoxy) is 1. The van der Waals surface area contributed by atoms with E-state index in [0.717, 1.165) is 5.56 Å². The summed E-state index contributed by atoms with van der Waals surface area (Å²) >= 11 is 0. The molecule has 26 heavy (non-hydrogen) atoms. The Morgan fingerprint density at radius 1 is 1.15 bits per heavy atom. The number of aryl methyl sites for hydroxylation is 1. The van der Waals surface area contributed by atoms with Gasteiger partial charge in [-0.05, 0) is 38.3 Å². The molecular weight excluding hydrogens is 380 g/mol. The number of nitrogens with one attached hydrogen (secondary N) is 2. The lowest BCUT2D eigenvalue weighted by Gasteiger charge is -2.29. The van der Waals surface area contributed by atoms with Gasteiger partial charge >= 0.3 is 0 Å². The summed E-state index contributed by atoms with van der Waals surface area (Å²) in [5.41, 5.74) is 0.960. The fourth-order valence-corrected chi connectivity index (χ4v) is 4.58. The molecule has 1 aromatic rings. The van der Waals surface area contributed by atoms with Crippen molar-refractivity contribution in [2.24, 2.45) is 0 Å². The van der Waals surface area contributed by atoms with Crippen LogP contribution in [-0.2, 0) is 29.2 Å². The Balaban J connectivity index is 1.79. The molecule has 0 aliphatic carbocycles. The molecule has 0 radical (unpaired) electrons. The smallest absolute Gasteiger partial charge is 0.297 e. The van der Waals surface area contributed by atoms with Crippen molar-refractivity contribution < 1.29 is 25.8 Å². The Morgan fingerprint density at radius 2 is 1.85 bits per heavy atom. The molecule has 2 rings (SSSR count). The highest BCUT2D eigenvalue weighted by Crippen LogP contribution is 2.18. The Morgan fingerprint density at radius 3 is 2.42 bits per heavy atom. The summed E-state index contributed by atoms with van der Waals surface area (Å²) < 4.78 is 63.5. The predicted octanol–water partition coefficient (Wildman–Crippen LogP) is 1.08. The summed E-state index contributed by atoms with van der Waals surface area (Å²) in [4.78, 5) is 0.103. The van der Waals surface area contributed by atoms with Gasteiger partial charge in [-0.25, -0.2) is 4.72 Å². The normalized spacial score (nSPS) is 21.6. The predicted molar refractivity (Wildman–Crippen MR) is 97.4 cm³/mol. The van der Waals surface area contributed by atoms with Crippen molar-refractivity contribution in [1.82, 2.24) is 9.44 Å². The van der Waals surface area contributed by atoms with Gasteiger partial charge in [0.05, 0.1) is 24.2 Å². The molecule has 1 saturated heterocycles. The second-order valence-corrected chi connectivity index (χ2v) is 9.44. The zero-order valence-corrected chi connectivity index (χ0v) is 16.6. The summed E-state index contributed by atoms with van der Waals surface area (Å²) in [6.45, 7) is 4.20. The van der Waals surface area contributed by atoms with E-state index in [1.807, 2.05) is 13.8 Å². The largest absolute Gasteiger partial charge is 0.374 e. The van der Waals surface area contributed by atoms with Gasteiger partial charge in [-0.3, -0.25) is 4.18 Å². The SMILES string of the molecule is CCCNS(=O)(=O)N[C@@H]1CC[C@@H](COS(=O)(=O)c2ccc(C)cc2)OC1. The highest BCUT2D eigenvalue weighted by atomic mass is 32.2. The summed E-state index contributed by atoms with van der Waals surface area (Å²) in [5, 5.41) is 0. The van der Waals surface area contributed by atoms with Crippen LogP contribution >= 0.6 is 0 Å². The van der Waals surface area contributed by atoms with Gasteiger partial charge in [0, 0.05) is 12.6 Å². The molecular formula is C16H26N2O6S2. The van der Waals surface area contributed by atoms with Crippen molar-refractivity contribution in [3.8, 4) is 0 Å². The quantitative estimate of drug-likeness (QED) is 0.594. The van der Waals surface area contributed by atoms with Crippen LogP contribution in [0.4, 0.5) is 0 Å². The lowest BCUT2D eigenvalue weighted by Crippen LogP contribution is -2.48. The Kier molecular flexibility index (Phi) is 7.56. The molecule has 10 heteroatoms. The molecule has 1 aliphatic rings. The molecule has 1 aromatic carbocycles. The first-order chi connectivity index (χ1) is 12.2. The Bertz CT molecular complexity index is 769. The molecule has 1 heterocycles. The second kappa shape index (κ2) is 9.25. The van der Waals surface area contributed by atoms with Gasteiger partial charge in [0.1, 0.15) is 0 Å². The van der Waals surface area contributed by atoms with E-state index >= 15 is 0 Å². The van der Waals surface area contributed by atoms with Crippen LogP contribution in [0.15, 0.2) is 29.2 Å². The lowest BCUT2D eigenvalue weighted by atomic mass is 10.1. The van der Waals surface area contributed by atoms with E-state index in [2.05, 4.69) is 9.44 Å². The van der Waals surface area contributed by atoms with Crippen LogP contribution in [0.3, 0.4) is 0 Å². The molecule has 148 valence electrons. The van der Waals surface area contributed by atoms with Crippen molar-refractivity contribution in [3.63, 3.8) is 0 Å². The van der Waals surface area contributed by atoms with Gasteiger partial charge < -0.3 is 4.74 Å². The number of hydrogen-bond donors (Lipinski definition) is 2. The molecule has 0 spiro atoms. The molecule has 0 unspecified atom stereocenters. The topological polar surface area (TPSA) is 111 Å². The van der Waals surface area contributed by atoms with Crippen molar-refractivity contribution in [1.29, 1.82) is 0 Å². The van der Waals surface area contributed by atoms with Gasteiger partial charge in [-0.15, -0.1) is 0 Å². The third-order valence-corrected chi connectivity index (χ3v) is 6.48. The average Bonchev–Trinajstić information content (AvgIpc) is 2.60. The van der Waals surface area contributed by atoms with Crippen LogP contribution in [0.1, 0.15) is 31.7 Å². The first kappa shape index (κ1) is 21.3. The standard InChI is InChI=1S/C16H26N2O6S2/c1-3-10-17-26(21,22)18-14-6-7-15(23-11-14)12-24-25(19,20)16-8-4-13(2)5-9-16/h4-5,8-9,14-15,17-18H,3,6-7,10-12H2,1-2H3/t14-,15+/m1/s1. The van der Waals surface area contributed by atoms with Gasteiger partial charge in [0.15, 0.2) is 0 Å². The zero-order valence-electron chi connectivity index (χ0n) is 15.0. The Hall–Kier alpha value is -1.04. The average molecular weight is 407 g/mol. The molecule has 0 bridgehead atoms. The summed E-state index contributed by atoms with van der Waals surface area (Å²) in [7, 11) is -7.37. The van der Waals surface area contributed by atoms with Crippen molar-refractivity contribution in [2.75, 3.05) is 19.8 Å². The minimum Gasteiger partial charge on any atom is -0.374 e. The minimum atomic E-state index is -3.83. The highest BCUT2D eigenvalue weighted by molar-refractivity contribution is 7.87. The third-order valence-electron chi connectivity index (χ3n) is 3.95. The first-order valence-electron chi connectivity index (χ1n) is 8.56. The highest BCUT2D eigenvalue weighted by Gasteiger charge is 2.27. The van der Waals surface area contributed by atoms with Crippen molar-refractivity contribution in [2.45, 2.75) is 50.2 Å². The number of benzene rings is 1. The van der Waals surface area contributed by atoms with E-state index in [9.17, 15) is 16.8 Å². The monoisotopic (exact) mass is 406 g/mol. The van der Waals surface area contributed by atoms with Crippen LogP contribution in [0.2, 0.25) is 0 Å². The van der Waals surface area contributed by atoms with Crippen LogP contribution in [0.5, 0.6) is 0 Å². The first-order valence-corrected chi connectivity index (χ1v) is 11.5. The zero-order chi connectivity index (χ0) is 19.2. The maximum atomic E-state index is 12.2. The molecule has 1 fully saturated rings. The molecule has 2 atom stereocenters. The Labute approximate surface area is 155 Å². The number of hydrogen-bond acceptors (Lipinski definition) is 6. The molecule has 1 aliphatic heterocycles. The van der Waals surface area contributed by atoms with E-state index in [1.165, 1.54) is 12.1 Å². The van der Waals surface area contributed by atoms with E-state index in [-0.39, 0.29) is 30.3 Å². The maximum Gasteiger partial charge on any atom is 0.297 e. The van der Waals surface area contributed by atoms with E-state index < -0.39 is 20.3 Å². The van der Waals surface area contributed by atoms with Gasteiger partial charge in [-0.2, -0.15) is 21.6 Å². The molecule has 8 nitrogen and oxygen atoms in total. The summed E-state index contributed by atoms with van der Waals surface area (Å²) in [6, 6.07) is 6.07. The molecule has 0 aromatic heterocycles. The van der Waals surface area contributed by atoms with Crippen LogP contribution in [-0.4, -0.2) is 48.7 Å². The fourth-order valence-electron chi connectivity index (χ4n) is 2.47. The molecule has 0 saturated carbocycles. The minimum absolute atomic E-state index is 0.0935. The fraction of sp³-hybridized carbons (Fsp3) is 0.625. The van der Waals surface area contributed by atoms with Crippen LogP contribution in [0, 0.1) is 6.92 Å². The van der Waals surface area contributed by atoms with Gasteiger partial charge in [0.25, 0.3) is 20.3 Å². The van der Waals surface area contributed by atoms with Crippen LogP contribution < -0.4 is 9.44 Å². The summed E-state index contributed by atoms with van der Waals surface area (Å²) in [6.07, 6.45) is 1.37. The van der Waals surface area contributed by atoms with Gasteiger partial charge in [-0.1, -0.05) is 24.6 Å². The van der Waals surface area contributed by atoms with Crippen LogP contribution in [0.25, 0.3) is 0 Å². The van der Waals surface area contributed by atoms with E-state index in [4.69, 9.17) is 8.92 Å². The summed E-state index contributed by atoms with van der Waals surface area (Å²) in [5.74, 6) is 0. The second-order valence-electron chi connectivity index (χ2n) is 6.30.